The molecule has 1 aromatic heterocycles. The first-order chi connectivity index (χ1) is 14.7. The van der Waals surface area contributed by atoms with Gasteiger partial charge < -0.3 is 19.2 Å². The number of para-hydroxylation sites is 1. The summed E-state index contributed by atoms with van der Waals surface area (Å²) in [6.07, 6.45) is 2.88. The van der Waals surface area contributed by atoms with E-state index in [1.54, 1.807) is 36.4 Å². The lowest BCUT2D eigenvalue weighted by Crippen LogP contribution is -2.20. The number of nitrogens with zero attached hydrogens (tertiary/aromatic N) is 1. The molecule has 0 aliphatic heterocycles. The van der Waals surface area contributed by atoms with Gasteiger partial charge in [-0.1, -0.05) is 18.2 Å². The molecule has 1 heterocycles. The maximum absolute atomic E-state index is 12.1. The van der Waals surface area contributed by atoms with Crippen LogP contribution in [0.15, 0.2) is 76.4 Å². The smallest absolute Gasteiger partial charge is 0.307 e. The van der Waals surface area contributed by atoms with Crippen molar-refractivity contribution in [3.63, 3.8) is 0 Å². The summed E-state index contributed by atoms with van der Waals surface area (Å²) in [5, 5.41) is 6.66. The number of furan rings is 1. The Morgan fingerprint density at radius 3 is 2.60 bits per heavy atom. The first kappa shape index (κ1) is 20.7. The summed E-state index contributed by atoms with van der Waals surface area (Å²) in [6.45, 7) is 2.10. The zero-order valence-corrected chi connectivity index (χ0v) is 16.3. The van der Waals surface area contributed by atoms with Crippen LogP contribution in [0.25, 0.3) is 0 Å². The van der Waals surface area contributed by atoms with Crippen LogP contribution in [0.2, 0.25) is 0 Å². The van der Waals surface area contributed by atoms with Gasteiger partial charge in [-0.3, -0.25) is 9.59 Å². The quantitative estimate of drug-likeness (QED) is 0.418. The molecule has 0 radical (unpaired) electrons. The van der Waals surface area contributed by atoms with Gasteiger partial charge in [-0.2, -0.15) is 5.10 Å². The normalized spacial score (nSPS) is 10.6. The molecule has 2 N–H and O–H groups in total. The van der Waals surface area contributed by atoms with E-state index in [2.05, 4.69) is 15.8 Å². The predicted molar refractivity (Wildman–Crippen MR) is 112 cm³/mol. The van der Waals surface area contributed by atoms with Crippen LogP contribution in [-0.2, 0) is 4.79 Å². The Kier molecular flexibility index (Phi) is 7.21. The number of anilines is 1. The summed E-state index contributed by atoms with van der Waals surface area (Å²) in [5.74, 6) is 0.323. The van der Waals surface area contributed by atoms with Crippen LogP contribution in [0.5, 0.6) is 11.5 Å². The minimum Gasteiger partial charge on any atom is -0.490 e. The first-order valence-corrected chi connectivity index (χ1v) is 9.27. The summed E-state index contributed by atoms with van der Waals surface area (Å²) in [4.78, 5) is 23.9. The predicted octanol–water partition coefficient (Wildman–Crippen LogP) is 3.46. The van der Waals surface area contributed by atoms with Crippen LogP contribution < -0.4 is 20.2 Å². The van der Waals surface area contributed by atoms with Crippen LogP contribution in [0.1, 0.15) is 23.0 Å². The standard InChI is InChI=1S/C22H21N3O5/c1-2-28-20-13-16(14-23-25-22(27)19-9-6-12-29-19)10-11-18(20)30-15-21(26)24-17-7-4-3-5-8-17/h3-14H,2,15H2,1H3,(H,24,26)(H,25,27)/b23-14-. The molecule has 3 rings (SSSR count). The van der Waals surface area contributed by atoms with E-state index in [-0.39, 0.29) is 18.3 Å². The zero-order valence-electron chi connectivity index (χ0n) is 16.3. The minimum atomic E-state index is -0.453. The molecule has 154 valence electrons. The second kappa shape index (κ2) is 10.5. The SMILES string of the molecule is CCOc1cc(/C=N\NC(=O)c2ccco2)ccc1OCC(=O)Nc1ccccc1. The molecule has 8 heteroatoms. The topological polar surface area (TPSA) is 102 Å². The van der Waals surface area contributed by atoms with Gasteiger partial charge in [-0.15, -0.1) is 0 Å². The minimum absolute atomic E-state index is 0.165. The summed E-state index contributed by atoms with van der Waals surface area (Å²) in [6, 6.07) is 17.4. The number of hydrazone groups is 1. The lowest BCUT2D eigenvalue weighted by Gasteiger charge is -2.12. The van der Waals surface area contributed by atoms with Gasteiger partial charge in [0.25, 0.3) is 5.91 Å². The Hall–Kier alpha value is -4.07. The highest BCUT2D eigenvalue weighted by Crippen LogP contribution is 2.28. The molecular weight excluding hydrogens is 386 g/mol. The molecule has 0 atom stereocenters. The fraction of sp³-hybridized carbons (Fsp3) is 0.136. The van der Waals surface area contributed by atoms with Crippen LogP contribution >= 0.6 is 0 Å². The fourth-order valence-electron chi connectivity index (χ4n) is 2.48. The Bertz CT molecular complexity index is 1000. The zero-order chi connectivity index (χ0) is 21.2. The second-order valence-corrected chi connectivity index (χ2v) is 6.02. The second-order valence-electron chi connectivity index (χ2n) is 6.02. The van der Waals surface area contributed by atoms with Crippen molar-refractivity contribution in [2.75, 3.05) is 18.5 Å². The van der Waals surface area contributed by atoms with E-state index in [1.165, 1.54) is 18.5 Å². The molecule has 0 spiro atoms. The summed E-state index contributed by atoms with van der Waals surface area (Å²) in [7, 11) is 0. The van der Waals surface area contributed by atoms with E-state index in [0.29, 0.717) is 29.4 Å². The Morgan fingerprint density at radius 2 is 1.87 bits per heavy atom. The van der Waals surface area contributed by atoms with Crippen molar-refractivity contribution in [3.8, 4) is 11.5 Å². The highest BCUT2D eigenvalue weighted by Gasteiger charge is 2.10. The highest BCUT2D eigenvalue weighted by molar-refractivity contribution is 5.92. The molecule has 8 nitrogen and oxygen atoms in total. The monoisotopic (exact) mass is 407 g/mol. The van der Waals surface area contributed by atoms with Gasteiger partial charge in [-0.25, -0.2) is 5.43 Å². The fourth-order valence-corrected chi connectivity index (χ4v) is 2.48. The molecule has 3 aromatic rings. The Morgan fingerprint density at radius 1 is 1.03 bits per heavy atom. The van der Waals surface area contributed by atoms with Crippen LogP contribution in [0.3, 0.4) is 0 Å². The molecule has 2 aromatic carbocycles. The number of amides is 2. The molecule has 30 heavy (non-hydrogen) atoms. The first-order valence-electron chi connectivity index (χ1n) is 9.27. The molecule has 0 bridgehead atoms. The molecule has 0 aliphatic rings. The highest BCUT2D eigenvalue weighted by atomic mass is 16.5. The third kappa shape index (κ3) is 5.96. The number of carbonyl (C=O) groups excluding carboxylic acids is 2. The lowest BCUT2D eigenvalue weighted by molar-refractivity contribution is -0.118. The number of rotatable bonds is 9. The van der Waals surface area contributed by atoms with Crippen molar-refractivity contribution in [2.45, 2.75) is 6.92 Å². The van der Waals surface area contributed by atoms with E-state index in [1.807, 2.05) is 25.1 Å². The van der Waals surface area contributed by atoms with E-state index < -0.39 is 5.91 Å². The number of ether oxygens (including phenoxy) is 2. The summed E-state index contributed by atoms with van der Waals surface area (Å²) in [5.41, 5.74) is 3.75. The van der Waals surface area contributed by atoms with Crippen molar-refractivity contribution in [1.29, 1.82) is 0 Å². The van der Waals surface area contributed by atoms with Gasteiger partial charge in [0, 0.05) is 5.69 Å². The molecule has 2 amide bonds. The van der Waals surface area contributed by atoms with Crippen molar-refractivity contribution in [3.05, 3.63) is 78.3 Å². The summed E-state index contributed by atoms with van der Waals surface area (Å²) >= 11 is 0. The van der Waals surface area contributed by atoms with Gasteiger partial charge in [-0.05, 0) is 55.0 Å². The number of hydrogen-bond donors (Lipinski definition) is 2. The molecule has 0 fully saturated rings. The van der Waals surface area contributed by atoms with E-state index in [9.17, 15) is 9.59 Å². The molecule has 0 saturated carbocycles. The van der Waals surface area contributed by atoms with Gasteiger partial charge in [0.05, 0.1) is 19.1 Å². The third-order valence-electron chi connectivity index (χ3n) is 3.81. The van der Waals surface area contributed by atoms with Crippen LogP contribution in [0, 0.1) is 0 Å². The maximum Gasteiger partial charge on any atom is 0.307 e. The third-order valence-corrected chi connectivity index (χ3v) is 3.81. The molecular formula is C22H21N3O5. The van der Waals surface area contributed by atoms with Gasteiger partial charge in [0.15, 0.2) is 23.9 Å². The van der Waals surface area contributed by atoms with Crippen molar-refractivity contribution in [2.24, 2.45) is 5.10 Å². The van der Waals surface area contributed by atoms with E-state index >= 15 is 0 Å². The Labute approximate surface area is 173 Å². The van der Waals surface area contributed by atoms with Crippen molar-refractivity contribution in [1.82, 2.24) is 5.43 Å². The largest absolute Gasteiger partial charge is 0.490 e. The van der Waals surface area contributed by atoms with Crippen molar-refractivity contribution < 1.29 is 23.5 Å². The molecule has 0 unspecified atom stereocenters. The number of carbonyl (C=O) groups is 2. The van der Waals surface area contributed by atoms with E-state index in [0.717, 1.165) is 0 Å². The lowest BCUT2D eigenvalue weighted by atomic mass is 10.2. The van der Waals surface area contributed by atoms with E-state index in [4.69, 9.17) is 13.9 Å². The molecule has 0 saturated heterocycles. The van der Waals surface area contributed by atoms with Gasteiger partial charge in [0.1, 0.15) is 0 Å². The van der Waals surface area contributed by atoms with Crippen molar-refractivity contribution >= 4 is 23.7 Å². The number of hydrogen-bond acceptors (Lipinski definition) is 6. The number of benzene rings is 2. The van der Waals surface area contributed by atoms with Gasteiger partial charge >= 0.3 is 5.91 Å². The maximum atomic E-state index is 12.1. The number of nitrogens with one attached hydrogen (secondary N) is 2. The molecule has 0 aliphatic carbocycles. The van der Waals surface area contributed by atoms with Crippen LogP contribution in [0.4, 0.5) is 5.69 Å². The Balaban J connectivity index is 1.59. The average Bonchev–Trinajstić information content (AvgIpc) is 3.29. The van der Waals surface area contributed by atoms with Gasteiger partial charge in [0.2, 0.25) is 0 Å². The van der Waals surface area contributed by atoms with Crippen LogP contribution in [-0.4, -0.2) is 31.2 Å². The average molecular weight is 407 g/mol. The summed E-state index contributed by atoms with van der Waals surface area (Å²) < 4.78 is 16.2.